The molecule has 1 fully saturated rings. The summed E-state index contributed by atoms with van der Waals surface area (Å²) in [5.74, 6) is -3.24. The lowest BCUT2D eigenvalue weighted by Crippen LogP contribution is -2.65. The fourth-order valence-electron chi connectivity index (χ4n) is 3.62. The van der Waals surface area contributed by atoms with E-state index in [9.17, 15) is 24.0 Å². The van der Waals surface area contributed by atoms with Gasteiger partial charge in [0.2, 0.25) is 0 Å². The first kappa shape index (κ1) is 22.9. The van der Waals surface area contributed by atoms with Gasteiger partial charge in [-0.1, -0.05) is 28.1 Å². The summed E-state index contributed by atoms with van der Waals surface area (Å²) in [7, 11) is 0. The van der Waals surface area contributed by atoms with Crippen molar-refractivity contribution in [2.45, 2.75) is 50.1 Å². The number of alkyl halides is 1. The third kappa shape index (κ3) is 4.62. The number of carbonyl (C=O) groups excluding carboxylic acids is 5. The number of halogens is 1. The van der Waals surface area contributed by atoms with Gasteiger partial charge < -0.3 is 18.9 Å². The van der Waals surface area contributed by atoms with E-state index in [1.165, 1.54) is 19.1 Å². The number of amides is 2. The minimum Gasteiger partial charge on any atom is -0.463 e. The summed E-state index contributed by atoms with van der Waals surface area (Å²) in [4.78, 5) is 61.9. The Kier molecular flexibility index (Phi) is 6.75. The maximum Gasteiger partial charge on any atom is 0.303 e. The molecule has 2 aliphatic heterocycles. The third-order valence-electron chi connectivity index (χ3n) is 4.78. The molecule has 3 unspecified atom stereocenters. The number of carbonyl (C=O) groups is 5. The van der Waals surface area contributed by atoms with Crippen LogP contribution in [-0.4, -0.2) is 70.6 Å². The first-order chi connectivity index (χ1) is 14.6. The molecule has 0 aliphatic carbocycles. The normalized spacial score (nSPS) is 27.5. The van der Waals surface area contributed by atoms with E-state index >= 15 is 0 Å². The predicted molar refractivity (Wildman–Crippen MR) is 106 cm³/mol. The molecule has 0 N–H and O–H groups in total. The van der Waals surface area contributed by atoms with Gasteiger partial charge in [-0.15, -0.1) is 0 Å². The van der Waals surface area contributed by atoms with E-state index in [4.69, 9.17) is 18.9 Å². The molecule has 166 valence electrons. The van der Waals surface area contributed by atoms with Crippen LogP contribution in [0, 0.1) is 0 Å². The van der Waals surface area contributed by atoms with Crippen molar-refractivity contribution in [2.75, 3.05) is 6.61 Å². The fraction of sp³-hybridized carbons (Fsp3) is 0.450. The molecule has 11 heteroatoms. The smallest absolute Gasteiger partial charge is 0.303 e. The quantitative estimate of drug-likeness (QED) is 0.255. The van der Waals surface area contributed by atoms with E-state index in [0.717, 1.165) is 18.7 Å². The minimum absolute atomic E-state index is 0.194. The molecule has 3 rings (SSSR count). The summed E-state index contributed by atoms with van der Waals surface area (Å²) in [5.41, 5.74) is 0.389. The van der Waals surface area contributed by atoms with Crippen LogP contribution in [-0.2, 0) is 33.3 Å². The van der Waals surface area contributed by atoms with Crippen LogP contribution < -0.4 is 0 Å². The zero-order chi connectivity index (χ0) is 22.9. The monoisotopic (exact) mass is 497 g/mol. The number of benzene rings is 1. The Hall–Kier alpha value is -2.79. The van der Waals surface area contributed by atoms with Gasteiger partial charge in [0.15, 0.2) is 12.2 Å². The molecular formula is C20H20BrNO9. The number of hydrogen-bond acceptors (Lipinski definition) is 9. The van der Waals surface area contributed by atoms with E-state index in [1.54, 1.807) is 12.1 Å². The molecular weight excluding hydrogens is 478 g/mol. The number of nitrogens with zero attached hydrogens (tertiary/aromatic N) is 1. The number of fused-ring (bicyclic) bond motifs is 1. The Balaban J connectivity index is 2.01. The molecule has 1 aromatic rings. The molecule has 0 spiro atoms. The molecule has 2 aliphatic rings. The van der Waals surface area contributed by atoms with E-state index < -0.39 is 59.1 Å². The van der Waals surface area contributed by atoms with Gasteiger partial charge >= 0.3 is 17.9 Å². The maximum atomic E-state index is 13.0. The zero-order valence-corrected chi connectivity index (χ0v) is 18.5. The molecule has 2 amide bonds. The molecule has 0 saturated carbocycles. The average molecular weight is 498 g/mol. The first-order valence-electron chi connectivity index (χ1n) is 9.36. The van der Waals surface area contributed by atoms with Crippen LogP contribution >= 0.6 is 15.9 Å². The lowest BCUT2D eigenvalue weighted by molar-refractivity contribution is -0.216. The SMILES string of the molecule is CC(=O)OCC1O[C@@H](Br)C(N2C(=O)c3ccccc3C2=O)C(OC(C)=O)[C@@H]1OC(C)=O. The molecule has 1 saturated heterocycles. The van der Waals surface area contributed by atoms with Gasteiger partial charge in [-0.25, -0.2) is 0 Å². The Morgan fingerprint density at radius 2 is 1.45 bits per heavy atom. The van der Waals surface area contributed by atoms with Crippen molar-refractivity contribution in [2.24, 2.45) is 0 Å². The van der Waals surface area contributed by atoms with E-state index in [-0.39, 0.29) is 17.7 Å². The van der Waals surface area contributed by atoms with Crippen molar-refractivity contribution in [3.05, 3.63) is 35.4 Å². The summed E-state index contributed by atoms with van der Waals surface area (Å²) in [5, 5.41) is -1.01. The molecule has 0 aromatic heterocycles. The van der Waals surface area contributed by atoms with Crippen molar-refractivity contribution in [1.29, 1.82) is 0 Å². The largest absolute Gasteiger partial charge is 0.463 e. The van der Waals surface area contributed by atoms with Gasteiger partial charge in [-0.3, -0.25) is 28.9 Å². The van der Waals surface area contributed by atoms with Crippen LogP contribution in [0.2, 0.25) is 0 Å². The Bertz CT molecular complexity index is 898. The average Bonchev–Trinajstić information content (AvgIpc) is 2.93. The first-order valence-corrected chi connectivity index (χ1v) is 10.3. The number of ether oxygens (including phenoxy) is 4. The van der Waals surface area contributed by atoms with Gasteiger partial charge in [0.25, 0.3) is 11.8 Å². The highest BCUT2D eigenvalue weighted by Crippen LogP contribution is 2.36. The number of imide groups is 1. The Morgan fingerprint density at radius 3 is 1.94 bits per heavy atom. The van der Waals surface area contributed by atoms with Crippen LogP contribution in [0.15, 0.2) is 24.3 Å². The molecule has 0 bridgehead atoms. The van der Waals surface area contributed by atoms with Gasteiger partial charge in [0.05, 0.1) is 11.1 Å². The highest BCUT2D eigenvalue weighted by atomic mass is 79.9. The molecule has 5 atom stereocenters. The Morgan fingerprint density at radius 1 is 0.935 bits per heavy atom. The van der Waals surface area contributed by atoms with Crippen molar-refractivity contribution in [1.82, 2.24) is 4.90 Å². The number of rotatable bonds is 5. The maximum absolute atomic E-state index is 13.0. The molecule has 10 nitrogen and oxygen atoms in total. The van der Waals surface area contributed by atoms with Crippen LogP contribution in [0.25, 0.3) is 0 Å². The highest BCUT2D eigenvalue weighted by molar-refractivity contribution is 9.09. The van der Waals surface area contributed by atoms with E-state index in [2.05, 4.69) is 15.9 Å². The highest BCUT2D eigenvalue weighted by Gasteiger charge is 2.56. The second-order valence-electron chi connectivity index (χ2n) is 6.99. The van der Waals surface area contributed by atoms with Crippen molar-refractivity contribution in [3.8, 4) is 0 Å². The second-order valence-corrected chi connectivity index (χ2v) is 7.90. The van der Waals surface area contributed by atoms with Gasteiger partial charge in [-0.2, -0.15) is 0 Å². The number of hydrogen-bond donors (Lipinski definition) is 0. The standard InChI is InChI=1S/C20H20BrNO9/c1-9(23)28-8-14-16(29-10(2)24)17(30-11(3)25)15(18(21)31-14)22-19(26)12-6-4-5-7-13(12)20(22)27/h4-7,14-18H,8H2,1-3H3/t14?,15?,16-,17?,18-/m1/s1. The number of esters is 3. The van der Waals surface area contributed by atoms with Gasteiger partial charge in [0, 0.05) is 20.8 Å². The summed E-state index contributed by atoms with van der Waals surface area (Å²) >= 11 is 3.30. The second kappa shape index (κ2) is 9.15. The fourth-order valence-corrected chi connectivity index (χ4v) is 4.43. The third-order valence-corrected chi connectivity index (χ3v) is 5.54. The van der Waals surface area contributed by atoms with E-state index in [1.807, 2.05) is 0 Å². The van der Waals surface area contributed by atoms with E-state index in [0.29, 0.717) is 0 Å². The molecule has 1 aromatic carbocycles. The van der Waals surface area contributed by atoms with Crippen LogP contribution in [0.4, 0.5) is 0 Å². The van der Waals surface area contributed by atoms with Crippen molar-refractivity contribution >= 4 is 45.7 Å². The predicted octanol–water partition coefficient (Wildman–Crippen LogP) is 1.20. The summed E-state index contributed by atoms with van der Waals surface area (Å²) < 4.78 is 21.5. The van der Waals surface area contributed by atoms with Crippen molar-refractivity contribution < 1.29 is 42.9 Å². The van der Waals surface area contributed by atoms with Crippen LogP contribution in [0.5, 0.6) is 0 Å². The van der Waals surface area contributed by atoms with Crippen LogP contribution in [0.3, 0.4) is 0 Å². The lowest BCUT2D eigenvalue weighted by Gasteiger charge is -2.45. The topological polar surface area (TPSA) is 126 Å². The molecule has 31 heavy (non-hydrogen) atoms. The Labute approximate surface area is 185 Å². The lowest BCUT2D eigenvalue weighted by atomic mass is 9.96. The minimum atomic E-state index is -1.28. The van der Waals surface area contributed by atoms with Crippen molar-refractivity contribution in [3.63, 3.8) is 0 Å². The summed E-state index contributed by atoms with van der Waals surface area (Å²) in [6.07, 6.45) is -3.54. The summed E-state index contributed by atoms with van der Waals surface area (Å²) in [6, 6.07) is 5.11. The summed E-state index contributed by atoms with van der Waals surface area (Å²) in [6.45, 7) is 3.18. The van der Waals surface area contributed by atoms with Gasteiger partial charge in [0.1, 0.15) is 23.8 Å². The zero-order valence-electron chi connectivity index (χ0n) is 16.9. The molecule has 2 heterocycles. The molecule has 0 radical (unpaired) electrons. The van der Waals surface area contributed by atoms with Crippen LogP contribution in [0.1, 0.15) is 41.5 Å². The van der Waals surface area contributed by atoms with Gasteiger partial charge in [-0.05, 0) is 12.1 Å².